The molecule has 164 valence electrons. The molecule has 31 heavy (non-hydrogen) atoms. The summed E-state index contributed by atoms with van der Waals surface area (Å²) < 4.78 is 36.5. The second kappa shape index (κ2) is 7.88. The van der Waals surface area contributed by atoms with Gasteiger partial charge < -0.3 is 14.8 Å². The van der Waals surface area contributed by atoms with E-state index in [0.29, 0.717) is 30.1 Å². The zero-order valence-corrected chi connectivity index (χ0v) is 18.1. The molecule has 1 N–H and O–H groups in total. The van der Waals surface area contributed by atoms with Crippen LogP contribution in [-0.4, -0.2) is 44.8 Å². The average molecular weight is 445 g/mol. The second-order valence-electron chi connectivity index (χ2n) is 7.73. The molecule has 8 nitrogen and oxygen atoms in total. The highest BCUT2D eigenvalue weighted by atomic mass is 32.2. The molecule has 1 aliphatic heterocycles. The van der Waals surface area contributed by atoms with Crippen molar-refractivity contribution >= 4 is 33.3 Å². The lowest BCUT2D eigenvalue weighted by atomic mass is 10.2. The highest BCUT2D eigenvalue weighted by Gasteiger charge is 2.75. The first kappa shape index (κ1) is 21.2. The van der Waals surface area contributed by atoms with E-state index in [2.05, 4.69) is 5.32 Å². The topological polar surface area (TPSA) is 102 Å². The van der Waals surface area contributed by atoms with Gasteiger partial charge in [0.2, 0.25) is 15.9 Å². The number of carbonyl (C=O) groups excluding carboxylic acids is 2. The van der Waals surface area contributed by atoms with Crippen LogP contribution in [0.1, 0.15) is 18.9 Å². The maximum atomic E-state index is 13.2. The molecule has 4 rings (SSSR count). The fourth-order valence-electron chi connectivity index (χ4n) is 3.90. The van der Waals surface area contributed by atoms with Crippen LogP contribution in [0.5, 0.6) is 5.75 Å². The van der Waals surface area contributed by atoms with Crippen molar-refractivity contribution in [2.75, 3.05) is 29.4 Å². The number of ether oxygens (including phenoxy) is 2. The largest absolute Gasteiger partial charge is 0.482 e. The maximum absolute atomic E-state index is 13.2. The van der Waals surface area contributed by atoms with Crippen LogP contribution in [0.15, 0.2) is 48.5 Å². The number of nitrogens with one attached hydrogen (secondary N) is 1. The van der Waals surface area contributed by atoms with E-state index in [-0.39, 0.29) is 19.1 Å². The van der Waals surface area contributed by atoms with E-state index in [0.717, 1.165) is 5.56 Å². The van der Waals surface area contributed by atoms with Gasteiger partial charge in [-0.05, 0) is 56.7 Å². The van der Waals surface area contributed by atoms with Gasteiger partial charge in [-0.2, -0.15) is 0 Å². The van der Waals surface area contributed by atoms with Crippen LogP contribution in [0.2, 0.25) is 0 Å². The normalized spacial score (nSPS) is 23.0. The zero-order chi connectivity index (χ0) is 22.2. The van der Waals surface area contributed by atoms with Gasteiger partial charge in [-0.3, -0.25) is 9.10 Å². The fraction of sp³-hybridized carbons (Fsp3) is 0.364. The number of sulfonamides is 1. The Labute approximate surface area is 181 Å². The van der Waals surface area contributed by atoms with Gasteiger partial charge in [0.05, 0.1) is 12.3 Å². The average Bonchev–Trinajstić information content (AvgIpc) is 3.44. The first-order valence-electron chi connectivity index (χ1n) is 10.1. The Morgan fingerprint density at radius 1 is 1.13 bits per heavy atom. The van der Waals surface area contributed by atoms with Crippen LogP contribution in [0.25, 0.3) is 0 Å². The van der Waals surface area contributed by atoms with Gasteiger partial charge in [0.15, 0.2) is 11.4 Å². The number of esters is 1. The third kappa shape index (κ3) is 3.74. The molecule has 0 aromatic heterocycles. The molecule has 0 unspecified atom stereocenters. The Hall–Kier alpha value is -3.07. The van der Waals surface area contributed by atoms with Crippen LogP contribution in [0.4, 0.5) is 11.4 Å². The lowest BCUT2D eigenvalue weighted by molar-refractivity contribution is -0.145. The Morgan fingerprint density at radius 3 is 2.45 bits per heavy atom. The van der Waals surface area contributed by atoms with Crippen molar-refractivity contribution < 1.29 is 27.5 Å². The summed E-state index contributed by atoms with van der Waals surface area (Å²) in [4.78, 5) is 24.3. The van der Waals surface area contributed by atoms with E-state index >= 15 is 0 Å². The lowest BCUT2D eigenvalue weighted by Gasteiger charge is -2.23. The van der Waals surface area contributed by atoms with Gasteiger partial charge in [-0.1, -0.05) is 17.7 Å². The zero-order valence-electron chi connectivity index (χ0n) is 17.3. The van der Waals surface area contributed by atoms with E-state index in [1.165, 1.54) is 4.31 Å². The molecule has 2 aromatic carbocycles. The van der Waals surface area contributed by atoms with Crippen molar-refractivity contribution in [2.24, 2.45) is 5.92 Å². The molecule has 0 bridgehead atoms. The molecular weight excluding hydrogens is 420 g/mol. The van der Waals surface area contributed by atoms with Crippen LogP contribution in [-0.2, 0) is 24.3 Å². The quantitative estimate of drug-likeness (QED) is 0.659. The number of rotatable bonds is 7. The lowest BCUT2D eigenvalue weighted by Crippen LogP contribution is -2.42. The van der Waals surface area contributed by atoms with E-state index in [9.17, 15) is 18.0 Å². The number of hydrogen-bond acceptors (Lipinski definition) is 6. The summed E-state index contributed by atoms with van der Waals surface area (Å²) in [5.41, 5.74) is 2.07. The molecule has 0 radical (unpaired) electrons. The SMILES string of the molecule is CCOC(=O)COc1ccc(NC(=O)[C@]23C[C@@H]2CN(c2ccc(C)cc2)S3(=O)=O)cc1. The second-order valence-corrected chi connectivity index (χ2v) is 9.85. The number of benzene rings is 2. The predicted octanol–water partition coefficient (Wildman–Crippen LogP) is 2.48. The summed E-state index contributed by atoms with van der Waals surface area (Å²) >= 11 is 0. The van der Waals surface area contributed by atoms with Crippen LogP contribution in [0.3, 0.4) is 0 Å². The summed E-state index contributed by atoms with van der Waals surface area (Å²) in [5.74, 6) is -0.783. The molecule has 9 heteroatoms. The van der Waals surface area contributed by atoms with Crippen LogP contribution < -0.4 is 14.4 Å². The molecular formula is C22H24N2O6S. The molecule has 1 saturated heterocycles. The number of anilines is 2. The Bertz CT molecular complexity index is 1100. The third-order valence-corrected chi connectivity index (χ3v) is 8.21. The van der Waals surface area contributed by atoms with E-state index in [1.54, 1.807) is 43.3 Å². The van der Waals surface area contributed by atoms with E-state index in [4.69, 9.17) is 9.47 Å². The highest BCUT2D eigenvalue weighted by molar-refractivity contribution is 7.95. The molecule has 2 aromatic rings. The molecule has 1 amide bonds. The van der Waals surface area contributed by atoms with Crippen molar-refractivity contribution in [2.45, 2.75) is 25.0 Å². The molecule has 1 aliphatic carbocycles. The van der Waals surface area contributed by atoms with E-state index < -0.39 is 26.6 Å². The molecule has 2 atom stereocenters. The minimum Gasteiger partial charge on any atom is -0.482 e. The molecule has 0 spiro atoms. The summed E-state index contributed by atoms with van der Waals surface area (Å²) in [5, 5.41) is 2.72. The summed E-state index contributed by atoms with van der Waals surface area (Å²) in [6.45, 7) is 4.02. The standard InChI is InChI=1S/C22H24N2O6S/c1-3-29-20(25)14-30-19-10-6-17(7-11-19)23-21(26)22-12-16(22)13-24(31(22,27)28)18-8-4-15(2)5-9-18/h4-11,16H,3,12-14H2,1-2H3,(H,23,26)/t16-,22+/m1/s1. The molecule has 2 aliphatic rings. The van der Waals surface area contributed by atoms with Crippen molar-refractivity contribution in [3.8, 4) is 5.75 Å². The molecule has 1 heterocycles. The van der Waals surface area contributed by atoms with Gasteiger partial charge in [-0.25, -0.2) is 13.2 Å². The van der Waals surface area contributed by atoms with Crippen LogP contribution >= 0.6 is 0 Å². The third-order valence-electron chi connectivity index (χ3n) is 5.67. The number of carbonyl (C=O) groups is 2. The highest BCUT2D eigenvalue weighted by Crippen LogP contribution is 2.58. The first-order chi connectivity index (χ1) is 14.8. The van der Waals surface area contributed by atoms with Crippen molar-refractivity contribution in [3.05, 3.63) is 54.1 Å². The maximum Gasteiger partial charge on any atom is 0.344 e. The van der Waals surface area contributed by atoms with Crippen molar-refractivity contribution in [3.63, 3.8) is 0 Å². The van der Waals surface area contributed by atoms with Crippen LogP contribution in [0, 0.1) is 12.8 Å². The first-order valence-corrected chi connectivity index (χ1v) is 11.5. The predicted molar refractivity (Wildman–Crippen MR) is 115 cm³/mol. The summed E-state index contributed by atoms with van der Waals surface area (Å²) in [6.07, 6.45) is 0.324. The minimum absolute atomic E-state index is 0.211. The van der Waals surface area contributed by atoms with E-state index in [1.807, 2.05) is 19.1 Å². The Balaban J connectivity index is 1.43. The summed E-state index contributed by atoms with van der Waals surface area (Å²) in [7, 11) is -3.83. The van der Waals surface area contributed by atoms with Gasteiger partial charge in [-0.15, -0.1) is 0 Å². The van der Waals surface area contributed by atoms with Gasteiger partial charge in [0.1, 0.15) is 5.75 Å². The minimum atomic E-state index is -3.83. The number of fused-ring (bicyclic) bond motifs is 1. The molecule has 2 fully saturated rings. The number of aryl methyl sites for hydroxylation is 1. The number of hydrogen-bond donors (Lipinski definition) is 1. The monoisotopic (exact) mass is 444 g/mol. The smallest absolute Gasteiger partial charge is 0.344 e. The number of nitrogens with zero attached hydrogens (tertiary/aromatic N) is 1. The van der Waals surface area contributed by atoms with Crippen molar-refractivity contribution in [1.82, 2.24) is 0 Å². The Kier molecular flexibility index (Phi) is 5.38. The fourth-order valence-corrected chi connectivity index (χ4v) is 6.26. The Morgan fingerprint density at radius 2 is 1.81 bits per heavy atom. The summed E-state index contributed by atoms with van der Waals surface area (Å²) in [6, 6.07) is 13.6. The van der Waals surface area contributed by atoms with Gasteiger partial charge >= 0.3 is 5.97 Å². The van der Waals surface area contributed by atoms with Gasteiger partial charge in [0, 0.05) is 18.2 Å². The van der Waals surface area contributed by atoms with Gasteiger partial charge in [0.25, 0.3) is 0 Å². The van der Waals surface area contributed by atoms with Crippen molar-refractivity contribution in [1.29, 1.82) is 0 Å². The molecule has 1 saturated carbocycles. The number of amides is 1.